The van der Waals surface area contributed by atoms with Crippen molar-refractivity contribution >= 4 is 23.2 Å². The lowest BCUT2D eigenvalue weighted by atomic mass is 9.47. The molecule has 0 saturated heterocycles. The maximum atomic E-state index is 12.5. The number of allylic oxidation sites excluding steroid dienone is 4. The summed E-state index contributed by atoms with van der Waals surface area (Å²) in [5.41, 5.74) is 1.09. The molecule has 4 aliphatic rings. The standard InChI is InChI=1S/C20H25ClO2/c1-19-7-5-13(22)10-17(19)12(11-21)9-14-15-3-4-18(23)20(15,2)8-6-16(14)19/h5,7,10,12,14-16H,3-4,6,8-9,11H2,1-2H3/t12-,14+,15+,16+,19-,20+/m1/s1. The zero-order chi connectivity index (χ0) is 16.4. The fourth-order valence-electron chi connectivity index (χ4n) is 6.34. The largest absolute Gasteiger partial charge is 0.299 e. The van der Waals surface area contributed by atoms with Crippen LogP contribution >= 0.6 is 11.6 Å². The monoisotopic (exact) mass is 332 g/mol. The van der Waals surface area contributed by atoms with Gasteiger partial charge in [0.15, 0.2) is 5.78 Å². The van der Waals surface area contributed by atoms with Gasteiger partial charge in [0.2, 0.25) is 0 Å². The van der Waals surface area contributed by atoms with Gasteiger partial charge < -0.3 is 0 Å². The second-order valence-corrected chi connectivity index (χ2v) is 8.81. The van der Waals surface area contributed by atoms with E-state index in [-0.39, 0.29) is 22.5 Å². The first-order valence-electron chi connectivity index (χ1n) is 8.94. The van der Waals surface area contributed by atoms with E-state index in [1.54, 1.807) is 6.08 Å². The van der Waals surface area contributed by atoms with E-state index in [1.807, 2.05) is 6.08 Å². The quantitative estimate of drug-likeness (QED) is 0.670. The lowest BCUT2D eigenvalue weighted by Gasteiger charge is -2.57. The van der Waals surface area contributed by atoms with Gasteiger partial charge in [-0.2, -0.15) is 0 Å². The van der Waals surface area contributed by atoms with E-state index in [4.69, 9.17) is 11.6 Å². The Bertz CT molecular complexity index is 634. The predicted octanol–water partition coefficient (Wildman–Crippen LogP) is 4.33. The van der Waals surface area contributed by atoms with Crippen LogP contribution in [0.1, 0.15) is 46.0 Å². The van der Waals surface area contributed by atoms with Crippen molar-refractivity contribution in [2.75, 3.05) is 5.88 Å². The molecule has 0 aromatic carbocycles. The molecule has 0 aliphatic heterocycles. The van der Waals surface area contributed by atoms with Gasteiger partial charge in [-0.15, -0.1) is 11.6 Å². The molecular formula is C20H25ClO2. The molecule has 0 aromatic rings. The average molecular weight is 333 g/mol. The van der Waals surface area contributed by atoms with Gasteiger partial charge in [-0.3, -0.25) is 9.59 Å². The normalized spacial score (nSPS) is 48.6. The minimum absolute atomic E-state index is 0.0522. The van der Waals surface area contributed by atoms with E-state index in [9.17, 15) is 9.59 Å². The third-order valence-electron chi connectivity index (χ3n) is 7.61. The van der Waals surface area contributed by atoms with Crippen molar-refractivity contribution in [2.24, 2.45) is 34.5 Å². The van der Waals surface area contributed by atoms with Crippen LogP contribution in [0.15, 0.2) is 23.8 Å². The third kappa shape index (κ3) is 2.00. The molecule has 4 rings (SSSR count). The number of ketones is 2. The molecule has 6 atom stereocenters. The van der Waals surface area contributed by atoms with Crippen LogP contribution in [0.5, 0.6) is 0 Å². The molecule has 2 nitrogen and oxygen atoms in total. The summed E-state index contributed by atoms with van der Waals surface area (Å²) in [6.07, 6.45) is 10.7. The Morgan fingerprint density at radius 1 is 1.22 bits per heavy atom. The SMILES string of the molecule is C[C@]12C=CC(=O)C=C1[C@@H](CCl)C[C@@H]1[C@@H]2CC[C@]2(C)C(=O)CC[C@@H]12. The molecule has 0 spiro atoms. The number of hydrogen-bond donors (Lipinski definition) is 0. The topological polar surface area (TPSA) is 34.1 Å². The fraction of sp³-hybridized carbons (Fsp3) is 0.700. The zero-order valence-electron chi connectivity index (χ0n) is 14.0. The number of Topliss-reactive ketones (excluding diaryl/α,β-unsaturated/α-hetero) is 1. The van der Waals surface area contributed by atoms with Gasteiger partial charge in [0.25, 0.3) is 0 Å². The van der Waals surface area contributed by atoms with E-state index >= 15 is 0 Å². The van der Waals surface area contributed by atoms with Crippen molar-refractivity contribution in [1.82, 2.24) is 0 Å². The molecule has 4 aliphatic carbocycles. The predicted molar refractivity (Wildman–Crippen MR) is 91.2 cm³/mol. The van der Waals surface area contributed by atoms with E-state index in [2.05, 4.69) is 19.9 Å². The van der Waals surface area contributed by atoms with Gasteiger partial charge in [0.1, 0.15) is 5.78 Å². The van der Waals surface area contributed by atoms with E-state index in [0.717, 1.165) is 32.1 Å². The first-order valence-corrected chi connectivity index (χ1v) is 9.48. The maximum absolute atomic E-state index is 12.5. The Kier molecular flexibility index (Phi) is 3.43. The third-order valence-corrected chi connectivity index (χ3v) is 7.99. The average Bonchev–Trinajstić information content (AvgIpc) is 2.83. The van der Waals surface area contributed by atoms with Crippen LogP contribution in [0.3, 0.4) is 0 Å². The van der Waals surface area contributed by atoms with Gasteiger partial charge in [-0.25, -0.2) is 0 Å². The van der Waals surface area contributed by atoms with Gasteiger partial charge in [0.05, 0.1) is 0 Å². The number of carbonyl (C=O) groups is 2. The number of fused-ring (bicyclic) bond motifs is 5. The highest BCUT2D eigenvalue weighted by atomic mass is 35.5. The van der Waals surface area contributed by atoms with Crippen molar-refractivity contribution in [3.8, 4) is 0 Å². The zero-order valence-corrected chi connectivity index (χ0v) is 14.7. The highest BCUT2D eigenvalue weighted by Crippen LogP contribution is 2.64. The minimum Gasteiger partial charge on any atom is -0.299 e. The summed E-state index contributed by atoms with van der Waals surface area (Å²) in [5, 5.41) is 0. The lowest BCUT2D eigenvalue weighted by molar-refractivity contribution is -0.132. The fourth-order valence-corrected chi connectivity index (χ4v) is 6.63. The van der Waals surface area contributed by atoms with Crippen molar-refractivity contribution in [2.45, 2.75) is 46.0 Å². The molecule has 23 heavy (non-hydrogen) atoms. The molecule has 0 unspecified atom stereocenters. The molecule has 124 valence electrons. The molecule has 3 heteroatoms. The van der Waals surface area contributed by atoms with Crippen LogP contribution in [0, 0.1) is 34.5 Å². The number of alkyl halides is 1. The summed E-state index contributed by atoms with van der Waals surface area (Å²) in [7, 11) is 0. The minimum atomic E-state index is -0.107. The van der Waals surface area contributed by atoms with Gasteiger partial charge >= 0.3 is 0 Å². The molecule has 3 saturated carbocycles. The molecule has 3 fully saturated rings. The smallest absolute Gasteiger partial charge is 0.178 e. The van der Waals surface area contributed by atoms with E-state index in [1.165, 1.54) is 5.57 Å². The van der Waals surface area contributed by atoms with Crippen molar-refractivity contribution < 1.29 is 9.59 Å². The first-order chi connectivity index (χ1) is 10.9. The molecule has 0 aromatic heterocycles. The molecule has 0 N–H and O–H groups in total. The molecule has 0 radical (unpaired) electrons. The van der Waals surface area contributed by atoms with Gasteiger partial charge in [-0.1, -0.05) is 25.5 Å². The second-order valence-electron chi connectivity index (χ2n) is 8.50. The summed E-state index contributed by atoms with van der Waals surface area (Å²) in [6.45, 7) is 4.49. The summed E-state index contributed by atoms with van der Waals surface area (Å²) >= 11 is 6.30. The van der Waals surface area contributed by atoms with Crippen LogP contribution in [-0.4, -0.2) is 17.4 Å². The van der Waals surface area contributed by atoms with Crippen LogP contribution in [0.2, 0.25) is 0 Å². The second kappa shape index (κ2) is 5.05. The van der Waals surface area contributed by atoms with Crippen molar-refractivity contribution in [3.63, 3.8) is 0 Å². The highest BCUT2D eigenvalue weighted by molar-refractivity contribution is 6.18. The Labute approximate surface area is 143 Å². The van der Waals surface area contributed by atoms with Crippen molar-refractivity contribution in [1.29, 1.82) is 0 Å². The van der Waals surface area contributed by atoms with Gasteiger partial charge in [-0.05, 0) is 61.5 Å². The maximum Gasteiger partial charge on any atom is 0.178 e. The van der Waals surface area contributed by atoms with E-state index < -0.39 is 0 Å². The van der Waals surface area contributed by atoms with Crippen molar-refractivity contribution in [3.05, 3.63) is 23.8 Å². The van der Waals surface area contributed by atoms with E-state index in [0.29, 0.717) is 29.4 Å². The van der Waals surface area contributed by atoms with Crippen LogP contribution in [0.4, 0.5) is 0 Å². The summed E-state index contributed by atoms with van der Waals surface area (Å²) in [4.78, 5) is 24.4. The number of halogens is 1. The summed E-state index contributed by atoms with van der Waals surface area (Å²) in [6, 6.07) is 0. The van der Waals surface area contributed by atoms with Crippen LogP contribution in [-0.2, 0) is 9.59 Å². The lowest BCUT2D eigenvalue weighted by Crippen LogP contribution is -2.52. The highest BCUT2D eigenvalue weighted by Gasteiger charge is 2.59. The summed E-state index contributed by atoms with van der Waals surface area (Å²) < 4.78 is 0. The molecule has 0 bridgehead atoms. The summed E-state index contributed by atoms with van der Waals surface area (Å²) in [5.74, 6) is 3.03. The molecule has 0 amide bonds. The number of rotatable bonds is 1. The first kappa shape index (κ1) is 15.6. The Balaban J connectivity index is 1.77. The molecular weight excluding hydrogens is 308 g/mol. The Morgan fingerprint density at radius 2 is 2.00 bits per heavy atom. The number of carbonyl (C=O) groups excluding carboxylic acids is 2. The van der Waals surface area contributed by atoms with Gasteiger partial charge in [0, 0.05) is 23.1 Å². The Hall–Kier alpha value is -0.890. The van der Waals surface area contributed by atoms with Crippen LogP contribution in [0.25, 0.3) is 0 Å². The molecule has 0 heterocycles. The Morgan fingerprint density at radius 3 is 2.74 bits per heavy atom. The number of hydrogen-bond acceptors (Lipinski definition) is 2. The van der Waals surface area contributed by atoms with Crippen LogP contribution < -0.4 is 0 Å².